The molecule has 1 fully saturated rings. The van der Waals surface area contributed by atoms with Crippen molar-refractivity contribution in [2.75, 3.05) is 18.1 Å². The Bertz CT molecular complexity index is 572. The Morgan fingerprint density at radius 2 is 1.95 bits per heavy atom. The Kier molecular flexibility index (Phi) is 4.88. The van der Waals surface area contributed by atoms with E-state index in [1.54, 1.807) is 12.1 Å². The fourth-order valence-electron chi connectivity index (χ4n) is 2.12. The molecule has 1 heterocycles. The van der Waals surface area contributed by atoms with Crippen molar-refractivity contribution >= 4 is 27.5 Å². The smallest absolute Gasteiger partial charge is 0.315 e. The lowest BCUT2D eigenvalue weighted by molar-refractivity contribution is 0.239. The van der Waals surface area contributed by atoms with E-state index < -0.39 is 9.84 Å². The highest BCUT2D eigenvalue weighted by Crippen LogP contribution is 2.17. The first-order valence-electron chi connectivity index (χ1n) is 6.41. The van der Waals surface area contributed by atoms with Crippen LogP contribution in [0.1, 0.15) is 12.0 Å². The Morgan fingerprint density at radius 1 is 1.25 bits per heavy atom. The van der Waals surface area contributed by atoms with Crippen molar-refractivity contribution in [2.24, 2.45) is 5.92 Å². The predicted molar refractivity (Wildman–Crippen MR) is 78.5 cm³/mol. The number of halogens is 1. The van der Waals surface area contributed by atoms with Gasteiger partial charge in [0.1, 0.15) is 0 Å². The average molecular weight is 317 g/mol. The zero-order valence-electron chi connectivity index (χ0n) is 10.9. The highest BCUT2D eigenvalue weighted by molar-refractivity contribution is 7.91. The second-order valence-corrected chi connectivity index (χ2v) is 7.62. The van der Waals surface area contributed by atoms with Crippen LogP contribution in [-0.4, -0.2) is 32.5 Å². The molecule has 1 aromatic carbocycles. The minimum Gasteiger partial charge on any atom is -0.338 e. The first-order chi connectivity index (χ1) is 9.44. The summed E-state index contributed by atoms with van der Waals surface area (Å²) in [5, 5.41) is 6.08. The van der Waals surface area contributed by atoms with Gasteiger partial charge in [-0.15, -0.1) is 0 Å². The van der Waals surface area contributed by atoms with Gasteiger partial charge in [0.2, 0.25) is 0 Å². The van der Waals surface area contributed by atoms with Crippen LogP contribution in [0, 0.1) is 5.92 Å². The standard InChI is InChI=1S/C13H17ClN2O3S/c14-12-3-1-10(2-4-12)7-15-13(17)16-8-11-5-6-20(18,19)9-11/h1-4,11H,5-9H2,(H2,15,16,17). The molecule has 7 heteroatoms. The maximum atomic E-state index is 11.6. The normalized spacial score (nSPS) is 20.6. The highest BCUT2D eigenvalue weighted by atomic mass is 35.5. The van der Waals surface area contributed by atoms with Crippen LogP contribution in [-0.2, 0) is 16.4 Å². The van der Waals surface area contributed by atoms with Gasteiger partial charge in [0.05, 0.1) is 11.5 Å². The molecule has 1 saturated heterocycles. The number of urea groups is 1. The monoisotopic (exact) mass is 316 g/mol. The summed E-state index contributed by atoms with van der Waals surface area (Å²) in [6, 6.07) is 6.92. The van der Waals surface area contributed by atoms with Crippen molar-refractivity contribution < 1.29 is 13.2 Å². The van der Waals surface area contributed by atoms with Gasteiger partial charge in [0, 0.05) is 18.1 Å². The lowest BCUT2D eigenvalue weighted by atomic mass is 10.1. The van der Waals surface area contributed by atoms with E-state index >= 15 is 0 Å². The largest absolute Gasteiger partial charge is 0.338 e. The summed E-state index contributed by atoms with van der Waals surface area (Å²) in [7, 11) is -2.89. The Hall–Kier alpha value is -1.27. The second-order valence-electron chi connectivity index (χ2n) is 4.96. The maximum Gasteiger partial charge on any atom is 0.315 e. The molecule has 2 rings (SSSR count). The molecule has 1 aliphatic rings. The summed E-state index contributed by atoms with van der Waals surface area (Å²) in [6.45, 7) is 0.803. The average Bonchev–Trinajstić information content (AvgIpc) is 2.75. The quantitative estimate of drug-likeness (QED) is 0.885. The van der Waals surface area contributed by atoms with Crippen LogP contribution >= 0.6 is 11.6 Å². The van der Waals surface area contributed by atoms with Gasteiger partial charge in [0.25, 0.3) is 0 Å². The van der Waals surface area contributed by atoms with Gasteiger partial charge < -0.3 is 10.6 Å². The number of carbonyl (C=O) groups is 1. The van der Waals surface area contributed by atoms with E-state index in [1.165, 1.54) is 0 Å². The molecule has 110 valence electrons. The number of rotatable bonds is 4. The zero-order valence-corrected chi connectivity index (χ0v) is 12.5. The summed E-state index contributed by atoms with van der Waals surface area (Å²) >= 11 is 5.77. The number of carbonyl (C=O) groups excluding carboxylic acids is 1. The van der Waals surface area contributed by atoms with Crippen LogP contribution in [0.3, 0.4) is 0 Å². The third-order valence-corrected chi connectivity index (χ3v) is 5.33. The van der Waals surface area contributed by atoms with Gasteiger partial charge in [-0.1, -0.05) is 23.7 Å². The predicted octanol–water partition coefficient (Wildman–Crippen LogP) is 1.57. The number of nitrogens with one attached hydrogen (secondary N) is 2. The van der Waals surface area contributed by atoms with Crippen molar-refractivity contribution in [1.82, 2.24) is 10.6 Å². The molecule has 0 spiro atoms. The Morgan fingerprint density at radius 3 is 2.55 bits per heavy atom. The van der Waals surface area contributed by atoms with Crippen molar-refractivity contribution in [3.05, 3.63) is 34.9 Å². The molecule has 1 aliphatic heterocycles. The van der Waals surface area contributed by atoms with Crippen LogP contribution in [0.5, 0.6) is 0 Å². The second kappa shape index (κ2) is 6.45. The van der Waals surface area contributed by atoms with E-state index in [0.29, 0.717) is 24.5 Å². The van der Waals surface area contributed by atoms with Crippen LogP contribution in [0.15, 0.2) is 24.3 Å². The zero-order chi connectivity index (χ0) is 14.6. The summed E-state index contributed by atoms with van der Waals surface area (Å²) in [4.78, 5) is 11.6. The van der Waals surface area contributed by atoms with Gasteiger partial charge in [-0.2, -0.15) is 0 Å². The highest BCUT2D eigenvalue weighted by Gasteiger charge is 2.27. The van der Waals surface area contributed by atoms with E-state index in [1.807, 2.05) is 12.1 Å². The molecule has 1 unspecified atom stereocenters. The SMILES string of the molecule is O=C(NCc1ccc(Cl)cc1)NCC1CCS(=O)(=O)C1. The van der Waals surface area contributed by atoms with Crippen molar-refractivity contribution in [2.45, 2.75) is 13.0 Å². The van der Waals surface area contributed by atoms with Crippen LogP contribution < -0.4 is 10.6 Å². The summed E-state index contributed by atoms with van der Waals surface area (Å²) < 4.78 is 22.6. The maximum absolute atomic E-state index is 11.6. The molecule has 2 amide bonds. The van der Waals surface area contributed by atoms with Crippen LogP contribution in [0.25, 0.3) is 0 Å². The van der Waals surface area contributed by atoms with Crippen molar-refractivity contribution in [3.8, 4) is 0 Å². The first-order valence-corrected chi connectivity index (χ1v) is 8.61. The van der Waals surface area contributed by atoms with Gasteiger partial charge in [-0.3, -0.25) is 0 Å². The van der Waals surface area contributed by atoms with Crippen molar-refractivity contribution in [3.63, 3.8) is 0 Å². The van der Waals surface area contributed by atoms with E-state index in [4.69, 9.17) is 11.6 Å². The topological polar surface area (TPSA) is 75.3 Å². The van der Waals surface area contributed by atoms with E-state index in [2.05, 4.69) is 10.6 Å². The van der Waals surface area contributed by atoms with Crippen molar-refractivity contribution in [1.29, 1.82) is 0 Å². The molecule has 0 radical (unpaired) electrons. The van der Waals surface area contributed by atoms with Gasteiger partial charge in [-0.05, 0) is 30.0 Å². The molecule has 20 heavy (non-hydrogen) atoms. The molecule has 5 nitrogen and oxygen atoms in total. The molecule has 1 atom stereocenters. The van der Waals surface area contributed by atoms with Gasteiger partial charge in [0.15, 0.2) is 9.84 Å². The molecular formula is C13H17ClN2O3S. The molecule has 0 bridgehead atoms. The lowest BCUT2D eigenvalue weighted by Crippen LogP contribution is -2.38. The van der Waals surface area contributed by atoms with E-state index in [0.717, 1.165) is 5.56 Å². The fraction of sp³-hybridized carbons (Fsp3) is 0.462. The van der Waals surface area contributed by atoms with Crippen LogP contribution in [0.2, 0.25) is 5.02 Å². The fourth-order valence-corrected chi connectivity index (χ4v) is 4.10. The van der Waals surface area contributed by atoms with Gasteiger partial charge in [-0.25, -0.2) is 13.2 Å². The van der Waals surface area contributed by atoms with E-state index in [9.17, 15) is 13.2 Å². The number of sulfone groups is 1. The third-order valence-electron chi connectivity index (χ3n) is 3.24. The molecule has 2 N–H and O–H groups in total. The number of benzene rings is 1. The third kappa shape index (κ3) is 4.68. The molecule has 0 saturated carbocycles. The number of hydrogen-bond donors (Lipinski definition) is 2. The lowest BCUT2D eigenvalue weighted by Gasteiger charge is -2.11. The van der Waals surface area contributed by atoms with E-state index in [-0.39, 0.29) is 23.5 Å². The molecule has 0 aliphatic carbocycles. The first kappa shape index (κ1) is 15.1. The summed E-state index contributed by atoms with van der Waals surface area (Å²) in [5.41, 5.74) is 0.952. The summed E-state index contributed by atoms with van der Waals surface area (Å²) in [6.07, 6.45) is 0.625. The minimum atomic E-state index is -2.89. The number of amides is 2. The minimum absolute atomic E-state index is 0.0290. The molecular weight excluding hydrogens is 300 g/mol. The molecule has 0 aromatic heterocycles. The Labute approximate surface area is 123 Å². The molecule has 1 aromatic rings. The number of hydrogen-bond acceptors (Lipinski definition) is 3. The van der Waals surface area contributed by atoms with Gasteiger partial charge >= 0.3 is 6.03 Å². The Balaban J connectivity index is 1.69. The van der Waals surface area contributed by atoms with Crippen LogP contribution in [0.4, 0.5) is 4.79 Å². The summed E-state index contributed by atoms with van der Waals surface area (Å²) in [5.74, 6) is 0.428.